The molecule has 1 N–H and O–H groups in total. The normalized spacial score (nSPS) is 12.4. The van der Waals surface area contributed by atoms with Gasteiger partial charge in [0.05, 0.1) is 0 Å². The number of nitrogens with zero attached hydrogens (tertiary/aromatic N) is 3. The minimum atomic E-state index is 0.328. The van der Waals surface area contributed by atoms with E-state index in [-0.39, 0.29) is 0 Å². The van der Waals surface area contributed by atoms with Crippen molar-refractivity contribution in [2.75, 3.05) is 11.9 Å². The average Bonchev–Trinajstić information content (AvgIpc) is 3.38. The number of nitrogens with one attached hydrogen (secondary N) is 1. The Balaban J connectivity index is 1.43. The first-order valence-corrected chi connectivity index (χ1v) is 11.2. The van der Waals surface area contributed by atoms with Gasteiger partial charge in [-0.05, 0) is 23.3 Å². The Kier molecular flexibility index (Phi) is 4.61. The van der Waals surface area contributed by atoms with E-state index in [0.29, 0.717) is 6.71 Å². The van der Waals surface area contributed by atoms with Crippen LogP contribution in [0.3, 0.4) is 0 Å². The minimum Gasteiger partial charge on any atom is -0.345 e. The summed E-state index contributed by atoms with van der Waals surface area (Å²) in [6.45, 7) is 2.62. The first kappa shape index (κ1) is 19.6. The summed E-state index contributed by atoms with van der Waals surface area (Å²) in [6.07, 6.45) is 0. The van der Waals surface area contributed by atoms with Crippen LogP contribution in [0.2, 0.25) is 6.82 Å². The van der Waals surface area contributed by atoms with Crippen LogP contribution < -0.4 is 15.8 Å². The summed E-state index contributed by atoms with van der Waals surface area (Å²) in [4.78, 5) is 5.71. The van der Waals surface area contributed by atoms with Crippen LogP contribution in [-0.2, 0) is 0 Å². The van der Waals surface area contributed by atoms with Gasteiger partial charge >= 0.3 is 0 Å². The molecule has 1 aromatic heterocycles. The predicted molar refractivity (Wildman–Crippen MR) is 138 cm³/mol. The van der Waals surface area contributed by atoms with Crippen LogP contribution in [-0.4, -0.2) is 28.9 Å². The lowest BCUT2D eigenvalue weighted by Crippen LogP contribution is -2.48. The number of hydrogen-bond donors (Lipinski definition) is 1. The van der Waals surface area contributed by atoms with Crippen molar-refractivity contribution in [3.63, 3.8) is 0 Å². The fraction of sp³-hybridized carbons (Fsp3) is 0.0714. The summed E-state index contributed by atoms with van der Waals surface area (Å²) >= 11 is 0. The van der Waals surface area contributed by atoms with E-state index in [9.17, 15) is 0 Å². The summed E-state index contributed by atoms with van der Waals surface area (Å²) in [7, 11) is 2.15. The highest BCUT2D eigenvalue weighted by molar-refractivity contribution is 6.87. The minimum absolute atomic E-state index is 0.328. The maximum atomic E-state index is 4.48. The van der Waals surface area contributed by atoms with Crippen LogP contribution >= 0.6 is 0 Å². The molecule has 0 saturated heterocycles. The Morgan fingerprint density at radius 3 is 2.15 bits per heavy atom. The molecule has 1 aliphatic rings. The van der Waals surface area contributed by atoms with Crippen molar-refractivity contribution >= 4 is 29.0 Å². The molecule has 0 spiro atoms. The number of fused-ring (bicyclic) bond motifs is 2. The Bertz CT molecular complexity index is 1460. The van der Waals surface area contributed by atoms with Gasteiger partial charge in [-0.2, -0.15) is 0 Å². The van der Waals surface area contributed by atoms with Crippen LogP contribution in [0.5, 0.6) is 0 Å². The largest absolute Gasteiger partial charge is 0.345 e. The number of aromatic amines is 1. The van der Waals surface area contributed by atoms with E-state index in [1.54, 1.807) is 0 Å². The first-order chi connectivity index (χ1) is 16.2. The van der Waals surface area contributed by atoms with Gasteiger partial charge in [-0.25, -0.2) is 0 Å². The lowest BCUT2D eigenvalue weighted by molar-refractivity contribution is 1.10. The van der Waals surface area contributed by atoms with E-state index < -0.39 is 0 Å². The summed E-state index contributed by atoms with van der Waals surface area (Å²) in [5.74, 6) is 1.55. The van der Waals surface area contributed by atoms with Crippen LogP contribution in [0.4, 0.5) is 11.4 Å². The predicted octanol–water partition coefficient (Wildman–Crippen LogP) is 5.13. The van der Waals surface area contributed by atoms with E-state index in [1.807, 2.05) is 30.3 Å². The molecule has 1 aliphatic heterocycles. The molecular weight excluding hydrogens is 403 g/mol. The van der Waals surface area contributed by atoms with Crippen molar-refractivity contribution in [3.8, 4) is 33.9 Å². The van der Waals surface area contributed by atoms with E-state index in [2.05, 4.69) is 101 Å². The van der Waals surface area contributed by atoms with E-state index in [4.69, 9.17) is 0 Å². The standard InChI is InChI=1S/C28H23BN4/c1-29-23-14-8-9-15-25(23)33(2)26-17-16-20(18-24(26)29)21-12-6-7-13-22(21)28-30-27(31-32-28)19-10-4-3-5-11-19/h3-18H,1-2H3,(H,30,31,32). The monoisotopic (exact) mass is 426 g/mol. The maximum absolute atomic E-state index is 4.48. The molecule has 33 heavy (non-hydrogen) atoms. The maximum Gasteiger partial charge on any atom is 0.211 e. The molecule has 2 heterocycles. The summed E-state index contributed by atoms with van der Waals surface area (Å²) in [6, 6.07) is 33.9. The number of benzene rings is 4. The molecule has 4 nitrogen and oxygen atoms in total. The summed E-state index contributed by atoms with van der Waals surface area (Å²) in [5.41, 5.74) is 9.63. The molecule has 4 aromatic carbocycles. The van der Waals surface area contributed by atoms with E-state index in [1.165, 1.54) is 27.9 Å². The van der Waals surface area contributed by atoms with Crippen molar-refractivity contribution < 1.29 is 0 Å². The number of rotatable bonds is 3. The highest BCUT2D eigenvalue weighted by Gasteiger charge is 2.28. The summed E-state index contributed by atoms with van der Waals surface area (Å²) < 4.78 is 0. The van der Waals surface area contributed by atoms with Crippen molar-refractivity contribution in [2.24, 2.45) is 0 Å². The quantitative estimate of drug-likeness (QED) is 0.407. The van der Waals surface area contributed by atoms with Crippen molar-refractivity contribution in [1.82, 2.24) is 15.2 Å². The van der Waals surface area contributed by atoms with Crippen molar-refractivity contribution in [3.05, 3.63) is 97.1 Å². The Morgan fingerprint density at radius 1 is 0.636 bits per heavy atom. The van der Waals surface area contributed by atoms with Gasteiger partial charge < -0.3 is 9.88 Å². The van der Waals surface area contributed by atoms with Crippen LogP contribution in [0, 0.1) is 0 Å². The van der Waals surface area contributed by atoms with Crippen molar-refractivity contribution in [2.45, 2.75) is 6.82 Å². The Labute approximate surface area is 194 Å². The molecule has 0 radical (unpaired) electrons. The molecule has 5 heteroatoms. The molecule has 0 fully saturated rings. The molecular formula is C28H23BN4. The van der Waals surface area contributed by atoms with Gasteiger partial charge in [0.25, 0.3) is 0 Å². The zero-order chi connectivity index (χ0) is 22.4. The topological polar surface area (TPSA) is 44.8 Å². The third kappa shape index (κ3) is 3.24. The second-order valence-corrected chi connectivity index (χ2v) is 8.55. The van der Waals surface area contributed by atoms with Crippen LogP contribution in [0.15, 0.2) is 97.1 Å². The smallest absolute Gasteiger partial charge is 0.211 e. The van der Waals surface area contributed by atoms with Gasteiger partial charge in [-0.15, -0.1) is 10.2 Å². The Hall–Kier alpha value is -4.12. The van der Waals surface area contributed by atoms with Gasteiger partial charge in [0.1, 0.15) is 0 Å². The molecule has 5 aromatic rings. The number of H-pyrrole nitrogens is 1. The number of anilines is 2. The van der Waals surface area contributed by atoms with Crippen LogP contribution in [0.25, 0.3) is 33.9 Å². The zero-order valence-electron chi connectivity index (χ0n) is 18.7. The first-order valence-electron chi connectivity index (χ1n) is 11.2. The van der Waals surface area contributed by atoms with Gasteiger partial charge in [-0.3, -0.25) is 0 Å². The molecule has 0 aliphatic carbocycles. The highest BCUT2D eigenvalue weighted by Crippen LogP contribution is 2.33. The number of aromatic nitrogens is 3. The fourth-order valence-corrected chi connectivity index (χ4v) is 4.88. The van der Waals surface area contributed by atoms with Crippen molar-refractivity contribution in [1.29, 1.82) is 0 Å². The third-order valence-electron chi connectivity index (χ3n) is 6.65. The summed E-state index contributed by atoms with van der Waals surface area (Å²) in [5, 5.41) is 8.88. The fourth-order valence-electron chi connectivity index (χ4n) is 4.88. The molecule has 158 valence electrons. The zero-order valence-corrected chi connectivity index (χ0v) is 18.7. The lowest BCUT2D eigenvalue weighted by atomic mass is 9.40. The molecule has 6 rings (SSSR count). The number of hydrogen-bond acceptors (Lipinski definition) is 3. The molecule has 0 unspecified atom stereocenters. The van der Waals surface area contributed by atoms with Gasteiger partial charge in [0, 0.05) is 29.5 Å². The highest BCUT2D eigenvalue weighted by atomic mass is 15.2. The average molecular weight is 426 g/mol. The van der Waals surface area contributed by atoms with E-state index >= 15 is 0 Å². The molecule has 0 bridgehead atoms. The van der Waals surface area contributed by atoms with Gasteiger partial charge in [0.2, 0.25) is 6.71 Å². The lowest BCUT2D eigenvalue weighted by Gasteiger charge is -2.33. The number of para-hydroxylation sites is 1. The van der Waals surface area contributed by atoms with E-state index in [0.717, 1.165) is 28.3 Å². The molecule has 0 saturated carbocycles. The SMILES string of the molecule is CB1c2ccccc2N(C)c2ccc(-c3ccccc3-c3nnc(-c4ccccc4)[nH]3)cc21. The van der Waals surface area contributed by atoms with Gasteiger partial charge in [0.15, 0.2) is 11.6 Å². The second-order valence-electron chi connectivity index (χ2n) is 8.55. The van der Waals surface area contributed by atoms with Crippen LogP contribution in [0.1, 0.15) is 0 Å². The molecule has 0 atom stereocenters. The van der Waals surface area contributed by atoms with Gasteiger partial charge in [-0.1, -0.05) is 103 Å². The Morgan fingerprint density at radius 2 is 1.30 bits per heavy atom. The molecule has 0 amide bonds. The second kappa shape index (κ2) is 7.78. The third-order valence-corrected chi connectivity index (χ3v) is 6.65.